The summed E-state index contributed by atoms with van der Waals surface area (Å²) in [6.45, 7) is 6.42. The summed E-state index contributed by atoms with van der Waals surface area (Å²) in [7, 11) is 0. The molecule has 2 heterocycles. The Morgan fingerprint density at radius 1 is 1.06 bits per heavy atom. The molecule has 1 aliphatic heterocycles. The van der Waals surface area contributed by atoms with Crippen LogP contribution < -0.4 is 5.32 Å². The molecule has 1 N–H and O–H groups in total. The molecule has 0 radical (unpaired) electrons. The SMILES string of the molecule is CCc1ccccc1NC(=O)CN1CCN(Cc2nc(-c3ccc(Cl)cc3)no2)CC1. The molecule has 1 aliphatic rings. The maximum Gasteiger partial charge on any atom is 0.241 e. The van der Waals surface area contributed by atoms with Crippen molar-refractivity contribution in [1.82, 2.24) is 19.9 Å². The van der Waals surface area contributed by atoms with Crippen molar-refractivity contribution in [2.45, 2.75) is 19.9 Å². The van der Waals surface area contributed by atoms with Gasteiger partial charge in [0.2, 0.25) is 17.6 Å². The smallest absolute Gasteiger partial charge is 0.241 e. The topological polar surface area (TPSA) is 74.5 Å². The number of para-hydroxylation sites is 1. The third kappa shape index (κ3) is 5.70. The lowest BCUT2D eigenvalue weighted by Gasteiger charge is -2.33. The Labute approximate surface area is 187 Å². The number of piperazine rings is 1. The highest BCUT2D eigenvalue weighted by Gasteiger charge is 2.21. The lowest BCUT2D eigenvalue weighted by Crippen LogP contribution is -2.48. The van der Waals surface area contributed by atoms with E-state index in [1.807, 2.05) is 48.5 Å². The number of hydrogen-bond acceptors (Lipinski definition) is 6. The minimum absolute atomic E-state index is 0.0267. The molecule has 1 fully saturated rings. The Morgan fingerprint density at radius 3 is 2.52 bits per heavy atom. The van der Waals surface area contributed by atoms with Crippen molar-refractivity contribution in [3.63, 3.8) is 0 Å². The number of benzene rings is 2. The van der Waals surface area contributed by atoms with Crippen LogP contribution in [-0.2, 0) is 17.8 Å². The zero-order valence-electron chi connectivity index (χ0n) is 17.6. The molecule has 4 rings (SSSR count). The van der Waals surface area contributed by atoms with Gasteiger partial charge in [-0.1, -0.05) is 41.9 Å². The number of aryl methyl sites for hydroxylation is 1. The van der Waals surface area contributed by atoms with Crippen LogP contribution in [0.1, 0.15) is 18.4 Å². The van der Waals surface area contributed by atoms with Crippen molar-refractivity contribution in [2.24, 2.45) is 0 Å². The maximum atomic E-state index is 12.5. The summed E-state index contributed by atoms with van der Waals surface area (Å²) in [6.07, 6.45) is 0.893. The van der Waals surface area contributed by atoms with Gasteiger partial charge < -0.3 is 9.84 Å². The van der Waals surface area contributed by atoms with Gasteiger partial charge in [0.15, 0.2) is 0 Å². The van der Waals surface area contributed by atoms with E-state index in [2.05, 4.69) is 32.2 Å². The average Bonchev–Trinajstić information content (AvgIpc) is 3.24. The molecule has 1 amide bonds. The Hall–Kier alpha value is -2.74. The van der Waals surface area contributed by atoms with Crippen LogP contribution in [-0.4, -0.2) is 58.6 Å². The van der Waals surface area contributed by atoms with Gasteiger partial charge in [-0.3, -0.25) is 14.6 Å². The minimum Gasteiger partial charge on any atom is -0.338 e. The average molecular weight is 440 g/mol. The van der Waals surface area contributed by atoms with Crippen molar-refractivity contribution in [3.8, 4) is 11.4 Å². The molecular formula is C23H26ClN5O2. The molecule has 0 bridgehead atoms. The zero-order chi connectivity index (χ0) is 21.6. The second-order valence-electron chi connectivity index (χ2n) is 7.63. The van der Waals surface area contributed by atoms with Crippen LogP contribution in [0.15, 0.2) is 53.1 Å². The van der Waals surface area contributed by atoms with E-state index in [9.17, 15) is 4.79 Å². The van der Waals surface area contributed by atoms with E-state index in [1.54, 1.807) is 0 Å². The second kappa shape index (κ2) is 10.0. The van der Waals surface area contributed by atoms with Crippen LogP contribution in [0.3, 0.4) is 0 Å². The van der Waals surface area contributed by atoms with Gasteiger partial charge >= 0.3 is 0 Å². The fourth-order valence-corrected chi connectivity index (χ4v) is 3.80. The lowest BCUT2D eigenvalue weighted by atomic mass is 10.1. The first-order valence-corrected chi connectivity index (χ1v) is 10.9. The second-order valence-corrected chi connectivity index (χ2v) is 8.07. The zero-order valence-corrected chi connectivity index (χ0v) is 18.3. The first kappa shape index (κ1) is 21.5. The summed E-state index contributed by atoms with van der Waals surface area (Å²) in [5, 5.41) is 7.79. The molecule has 31 heavy (non-hydrogen) atoms. The quantitative estimate of drug-likeness (QED) is 0.605. The van der Waals surface area contributed by atoms with Crippen molar-refractivity contribution in [1.29, 1.82) is 0 Å². The van der Waals surface area contributed by atoms with Gasteiger partial charge in [-0.2, -0.15) is 4.98 Å². The molecule has 1 saturated heterocycles. The summed E-state index contributed by atoms with van der Waals surface area (Å²) >= 11 is 5.93. The van der Waals surface area contributed by atoms with E-state index < -0.39 is 0 Å². The molecule has 0 aliphatic carbocycles. The fraction of sp³-hybridized carbons (Fsp3) is 0.348. The van der Waals surface area contributed by atoms with E-state index in [1.165, 1.54) is 0 Å². The maximum absolute atomic E-state index is 12.5. The van der Waals surface area contributed by atoms with E-state index in [-0.39, 0.29) is 5.91 Å². The molecular weight excluding hydrogens is 414 g/mol. The monoisotopic (exact) mass is 439 g/mol. The number of rotatable bonds is 7. The van der Waals surface area contributed by atoms with Crippen molar-refractivity contribution in [3.05, 3.63) is 65.0 Å². The molecule has 0 atom stereocenters. The third-order valence-corrected chi connectivity index (χ3v) is 5.69. The standard InChI is InChI=1S/C23H26ClN5O2/c1-2-17-5-3-4-6-20(17)25-21(30)15-28-11-13-29(14-12-28)16-22-26-23(27-31-22)18-7-9-19(24)10-8-18/h3-10H,2,11-16H2,1H3,(H,25,30). The predicted octanol–water partition coefficient (Wildman–Crippen LogP) is 3.71. The number of amides is 1. The molecule has 1 aromatic heterocycles. The number of carbonyl (C=O) groups excluding carboxylic acids is 1. The van der Waals surface area contributed by atoms with E-state index >= 15 is 0 Å². The largest absolute Gasteiger partial charge is 0.338 e. The fourth-order valence-electron chi connectivity index (χ4n) is 3.68. The van der Waals surface area contributed by atoms with Gasteiger partial charge in [-0.05, 0) is 42.3 Å². The van der Waals surface area contributed by atoms with Gasteiger partial charge in [-0.25, -0.2) is 0 Å². The number of carbonyl (C=O) groups is 1. The van der Waals surface area contributed by atoms with Crippen LogP contribution in [0.2, 0.25) is 5.02 Å². The molecule has 7 nitrogen and oxygen atoms in total. The van der Waals surface area contributed by atoms with Crippen LogP contribution in [0, 0.1) is 0 Å². The minimum atomic E-state index is 0.0267. The number of anilines is 1. The third-order valence-electron chi connectivity index (χ3n) is 5.43. The van der Waals surface area contributed by atoms with E-state index in [4.69, 9.17) is 16.1 Å². The highest BCUT2D eigenvalue weighted by atomic mass is 35.5. The molecule has 3 aromatic rings. The Bertz CT molecular complexity index is 1010. The van der Waals surface area contributed by atoms with Gasteiger partial charge in [0.25, 0.3) is 0 Å². The normalized spacial score (nSPS) is 15.2. The van der Waals surface area contributed by atoms with Crippen molar-refractivity contribution in [2.75, 3.05) is 38.0 Å². The van der Waals surface area contributed by atoms with Gasteiger partial charge in [0.1, 0.15) is 0 Å². The first-order chi connectivity index (χ1) is 15.1. The highest BCUT2D eigenvalue weighted by Crippen LogP contribution is 2.19. The van der Waals surface area contributed by atoms with Crippen molar-refractivity contribution < 1.29 is 9.32 Å². The highest BCUT2D eigenvalue weighted by molar-refractivity contribution is 6.30. The summed E-state index contributed by atoms with van der Waals surface area (Å²) in [5.41, 5.74) is 2.93. The first-order valence-electron chi connectivity index (χ1n) is 10.5. The summed E-state index contributed by atoms with van der Waals surface area (Å²) in [5.74, 6) is 1.18. The number of aromatic nitrogens is 2. The predicted molar refractivity (Wildman–Crippen MR) is 121 cm³/mol. The summed E-state index contributed by atoms with van der Waals surface area (Å²) < 4.78 is 5.42. The molecule has 8 heteroatoms. The molecule has 0 saturated carbocycles. The van der Waals surface area contributed by atoms with Gasteiger partial charge in [-0.15, -0.1) is 0 Å². The Morgan fingerprint density at radius 2 is 1.77 bits per heavy atom. The molecule has 0 unspecified atom stereocenters. The van der Waals surface area contributed by atoms with E-state index in [0.29, 0.717) is 29.8 Å². The van der Waals surface area contributed by atoms with Crippen LogP contribution in [0.25, 0.3) is 11.4 Å². The molecule has 2 aromatic carbocycles. The lowest BCUT2D eigenvalue weighted by molar-refractivity contribution is -0.117. The molecule has 0 spiro atoms. The Kier molecular flexibility index (Phi) is 6.96. The van der Waals surface area contributed by atoms with Crippen LogP contribution >= 0.6 is 11.6 Å². The Balaban J connectivity index is 1.24. The van der Waals surface area contributed by atoms with Crippen LogP contribution in [0.5, 0.6) is 0 Å². The van der Waals surface area contributed by atoms with Gasteiger partial charge in [0.05, 0.1) is 13.1 Å². The molecule has 162 valence electrons. The van der Waals surface area contributed by atoms with E-state index in [0.717, 1.165) is 49.4 Å². The number of halogens is 1. The summed E-state index contributed by atoms with van der Waals surface area (Å²) in [6, 6.07) is 15.3. The number of nitrogens with one attached hydrogen (secondary N) is 1. The summed E-state index contributed by atoms with van der Waals surface area (Å²) in [4.78, 5) is 21.4. The van der Waals surface area contributed by atoms with Crippen LogP contribution in [0.4, 0.5) is 5.69 Å². The number of hydrogen-bond donors (Lipinski definition) is 1. The number of nitrogens with zero attached hydrogens (tertiary/aromatic N) is 4. The van der Waals surface area contributed by atoms with Gasteiger partial charge in [0, 0.05) is 42.5 Å². The van der Waals surface area contributed by atoms with Crippen molar-refractivity contribution >= 4 is 23.2 Å².